The first-order valence-corrected chi connectivity index (χ1v) is 12.5. The van der Waals surface area contributed by atoms with Gasteiger partial charge in [0.15, 0.2) is 0 Å². The Labute approximate surface area is 188 Å². The van der Waals surface area contributed by atoms with Crippen molar-refractivity contribution in [3.8, 4) is 0 Å². The third-order valence-electron chi connectivity index (χ3n) is 9.86. The molecule has 4 aliphatic rings. The first kappa shape index (κ1) is 21.2. The second-order valence-corrected chi connectivity index (χ2v) is 11.2. The molecule has 4 aliphatic carbocycles. The molecule has 3 unspecified atom stereocenters. The van der Waals surface area contributed by atoms with Crippen molar-refractivity contribution in [2.75, 3.05) is 0 Å². The molecule has 1 aromatic carbocycles. The van der Waals surface area contributed by atoms with Gasteiger partial charge in [-0.25, -0.2) is 0 Å². The van der Waals surface area contributed by atoms with Crippen LogP contribution in [0.3, 0.4) is 0 Å². The van der Waals surface area contributed by atoms with Crippen LogP contribution in [0.5, 0.6) is 0 Å². The number of aliphatic imine (C=N–C) groups is 1. The second-order valence-electron chi connectivity index (χ2n) is 11.2. The van der Waals surface area contributed by atoms with Crippen LogP contribution >= 0.6 is 0 Å². The van der Waals surface area contributed by atoms with E-state index in [0.717, 1.165) is 36.3 Å². The van der Waals surface area contributed by atoms with Gasteiger partial charge < -0.3 is 5.11 Å². The van der Waals surface area contributed by atoms with Gasteiger partial charge in [0.2, 0.25) is 0 Å². The molecular formula is C29H39NO. The number of allylic oxidation sites excluding steroid dienone is 3. The van der Waals surface area contributed by atoms with Crippen LogP contribution in [0.2, 0.25) is 0 Å². The Kier molecular flexibility index (Phi) is 5.28. The summed E-state index contributed by atoms with van der Waals surface area (Å²) >= 11 is 0. The Hall–Kier alpha value is -1.67. The van der Waals surface area contributed by atoms with Gasteiger partial charge in [-0.3, -0.25) is 4.99 Å². The lowest BCUT2D eigenvalue weighted by Crippen LogP contribution is -2.50. The van der Waals surface area contributed by atoms with E-state index in [-0.39, 0.29) is 6.10 Å². The summed E-state index contributed by atoms with van der Waals surface area (Å²) in [7, 11) is 0. The molecule has 0 amide bonds. The molecule has 5 rings (SSSR count). The van der Waals surface area contributed by atoms with Gasteiger partial charge in [0.1, 0.15) is 0 Å². The second kappa shape index (κ2) is 7.73. The van der Waals surface area contributed by atoms with Gasteiger partial charge in [-0.05, 0) is 92.1 Å². The lowest BCUT2D eigenvalue weighted by molar-refractivity contribution is -0.0305. The molecule has 0 aliphatic heterocycles. The maximum Gasteiger partial charge on any atom is 0.0663 e. The maximum absolute atomic E-state index is 10.3. The van der Waals surface area contributed by atoms with Gasteiger partial charge >= 0.3 is 0 Å². The smallest absolute Gasteiger partial charge is 0.0663 e. The third-order valence-corrected chi connectivity index (χ3v) is 9.86. The van der Waals surface area contributed by atoms with Crippen LogP contribution in [0.1, 0.15) is 84.1 Å². The average Bonchev–Trinajstić information content (AvgIpc) is 3.11. The predicted octanol–water partition coefficient (Wildman–Crippen LogP) is 7.37. The van der Waals surface area contributed by atoms with E-state index in [4.69, 9.17) is 0 Å². The fourth-order valence-electron chi connectivity index (χ4n) is 8.19. The van der Waals surface area contributed by atoms with Crippen LogP contribution in [0.15, 0.2) is 52.6 Å². The summed E-state index contributed by atoms with van der Waals surface area (Å²) in [5.74, 6) is 2.75. The highest BCUT2D eigenvalue weighted by molar-refractivity contribution is 5.63. The molecule has 0 spiro atoms. The molecule has 0 radical (unpaired) electrons. The summed E-state index contributed by atoms with van der Waals surface area (Å²) < 4.78 is 0. The summed E-state index contributed by atoms with van der Waals surface area (Å²) in [5.41, 5.74) is 6.35. The fraction of sp³-hybridized carbons (Fsp3) is 0.621. The summed E-state index contributed by atoms with van der Waals surface area (Å²) in [6, 6.07) is 8.70. The first-order valence-electron chi connectivity index (χ1n) is 12.5. The number of aliphatic hydroxyl groups excluding tert-OH is 1. The minimum Gasteiger partial charge on any atom is -0.393 e. The summed E-state index contributed by atoms with van der Waals surface area (Å²) in [6.45, 7) is 9.50. The number of fused-ring (bicyclic) bond motifs is 5. The normalized spacial score (nSPS) is 40.5. The molecule has 0 saturated heterocycles. The molecule has 0 heterocycles. The number of rotatable bonds is 3. The van der Waals surface area contributed by atoms with Crippen LogP contribution in [0.25, 0.3) is 0 Å². The minimum absolute atomic E-state index is 0.115. The molecule has 31 heavy (non-hydrogen) atoms. The first-order chi connectivity index (χ1) is 14.9. The zero-order valence-corrected chi connectivity index (χ0v) is 19.8. The topological polar surface area (TPSA) is 32.6 Å². The Morgan fingerprint density at radius 1 is 1.03 bits per heavy atom. The zero-order chi connectivity index (χ0) is 21.8. The van der Waals surface area contributed by atoms with E-state index in [1.54, 1.807) is 11.1 Å². The Balaban J connectivity index is 1.44. The van der Waals surface area contributed by atoms with Crippen molar-refractivity contribution in [2.45, 2.75) is 84.7 Å². The molecule has 166 valence electrons. The quantitative estimate of drug-likeness (QED) is 0.404. The third kappa shape index (κ3) is 3.20. The number of hydrogen-bond donors (Lipinski definition) is 1. The van der Waals surface area contributed by atoms with Crippen LogP contribution in [0, 0.1) is 28.6 Å². The molecule has 2 heteroatoms. The summed E-state index contributed by atoms with van der Waals surface area (Å²) in [4.78, 5) is 4.67. The van der Waals surface area contributed by atoms with E-state index in [9.17, 15) is 5.11 Å². The van der Waals surface area contributed by atoms with Gasteiger partial charge in [0.05, 0.1) is 11.8 Å². The lowest BCUT2D eigenvalue weighted by Gasteiger charge is -2.58. The highest BCUT2D eigenvalue weighted by atomic mass is 16.3. The van der Waals surface area contributed by atoms with E-state index in [1.165, 1.54) is 37.7 Å². The number of para-hydroxylation sites is 1. The van der Waals surface area contributed by atoms with Gasteiger partial charge in [-0.1, -0.05) is 62.3 Å². The molecule has 2 fully saturated rings. The zero-order valence-electron chi connectivity index (χ0n) is 19.8. The van der Waals surface area contributed by atoms with Crippen molar-refractivity contribution in [3.63, 3.8) is 0 Å². The number of benzene rings is 1. The number of aliphatic hydroxyl groups is 1. The van der Waals surface area contributed by atoms with E-state index >= 15 is 0 Å². The molecular weight excluding hydrogens is 378 g/mol. The van der Waals surface area contributed by atoms with Crippen LogP contribution in [0.4, 0.5) is 5.69 Å². The van der Waals surface area contributed by atoms with Crippen molar-refractivity contribution in [1.82, 2.24) is 0 Å². The molecule has 7 atom stereocenters. The monoisotopic (exact) mass is 417 g/mol. The van der Waals surface area contributed by atoms with Gasteiger partial charge in [-0.2, -0.15) is 0 Å². The van der Waals surface area contributed by atoms with E-state index in [1.807, 2.05) is 13.1 Å². The Morgan fingerprint density at radius 2 is 1.81 bits per heavy atom. The predicted molar refractivity (Wildman–Crippen MR) is 130 cm³/mol. The average molecular weight is 418 g/mol. The Morgan fingerprint density at radius 3 is 2.61 bits per heavy atom. The molecule has 1 N–H and O–H groups in total. The fourth-order valence-corrected chi connectivity index (χ4v) is 8.19. The SMILES string of the molecule is CC=Nc1ccccc1[C@@H](C)C1=CCC2C3CC=C4C[C@@H](O)CC[C@]4(C)C3CC[C@]12C. The lowest BCUT2D eigenvalue weighted by atomic mass is 9.47. The number of hydrogen-bond acceptors (Lipinski definition) is 2. The highest BCUT2D eigenvalue weighted by Gasteiger charge is 2.57. The molecule has 0 bridgehead atoms. The number of nitrogens with zero attached hydrogens (tertiary/aromatic N) is 1. The largest absolute Gasteiger partial charge is 0.393 e. The van der Waals surface area contributed by atoms with Gasteiger partial charge in [0, 0.05) is 12.1 Å². The maximum atomic E-state index is 10.3. The summed E-state index contributed by atoms with van der Waals surface area (Å²) in [6.07, 6.45) is 15.1. The van der Waals surface area contributed by atoms with Crippen LogP contribution in [-0.4, -0.2) is 17.4 Å². The van der Waals surface area contributed by atoms with Crippen LogP contribution in [-0.2, 0) is 0 Å². The van der Waals surface area contributed by atoms with E-state index in [2.05, 4.69) is 62.2 Å². The van der Waals surface area contributed by atoms with Crippen LogP contribution < -0.4 is 0 Å². The summed E-state index contributed by atoms with van der Waals surface area (Å²) in [5, 5.41) is 10.3. The van der Waals surface area contributed by atoms with Gasteiger partial charge in [-0.15, -0.1) is 0 Å². The van der Waals surface area contributed by atoms with Crippen molar-refractivity contribution >= 4 is 11.9 Å². The van der Waals surface area contributed by atoms with Crippen molar-refractivity contribution < 1.29 is 5.11 Å². The van der Waals surface area contributed by atoms with Crippen molar-refractivity contribution in [2.24, 2.45) is 33.6 Å². The van der Waals surface area contributed by atoms with Gasteiger partial charge in [0.25, 0.3) is 0 Å². The molecule has 0 aromatic heterocycles. The van der Waals surface area contributed by atoms with E-state index in [0.29, 0.717) is 16.7 Å². The molecule has 2 saturated carbocycles. The van der Waals surface area contributed by atoms with Crippen molar-refractivity contribution in [3.05, 3.63) is 53.1 Å². The standard InChI is InChI=1S/C29H39NO/c1-5-30-27-9-7-6-8-22(27)19(2)24-12-13-25-23-11-10-20-18-21(31)14-16-28(20,3)26(23)15-17-29(24,25)4/h5-10,12,19,21,23,25-26,31H,11,13-18H2,1-4H3/t19-,21+,23?,25?,26?,28+,29-/m1/s1. The van der Waals surface area contributed by atoms with Crippen molar-refractivity contribution in [1.29, 1.82) is 0 Å². The molecule has 2 nitrogen and oxygen atoms in total. The van der Waals surface area contributed by atoms with E-state index < -0.39 is 0 Å². The Bertz CT molecular complexity index is 942. The minimum atomic E-state index is -0.115. The highest BCUT2D eigenvalue weighted by Crippen LogP contribution is 2.66. The molecule has 1 aromatic rings.